The number of hydrogen-bond acceptors (Lipinski definition) is 3. The Bertz CT molecular complexity index is 701. The van der Waals surface area contributed by atoms with Crippen LogP contribution in [0.4, 0.5) is 5.69 Å². The summed E-state index contributed by atoms with van der Waals surface area (Å²) < 4.78 is 0. The second-order valence-electron chi connectivity index (χ2n) is 5.21. The molecule has 0 aliphatic carbocycles. The first kappa shape index (κ1) is 17.1. The molecule has 2 aromatic carbocycles. The van der Waals surface area contributed by atoms with Gasteiger partial charge in [-0.15, -0.1) is 11.8 Å². The van der Waals surface area contributed by atoms with Crippen LogP contribution in [-0.4, -0.2) is 17.6 Å². The monoisotopic (exact) mass is 328 g/mol. The van der Waals surface area contributed by atoms with Gasteiger partial charge in [0.15, 0.2) is 0 Å². The van der Waals surface area contributed by atoms with E-state index in [1.54, 1.807) is 0 Å². The number of hydrogen-bond donors (Lipinski definition) is 2. The van der Waals surface area contributed by atoms with Gasteiger partial charge in [-0.3, -0.25) is 9.59 Å². The molecule has 0 fully saturated rings. The summed E-state index contributed by atoms with van der Waals surface area (Å²) in [5, 5.41) is 5.63. The zero-order valence-corrected chi connectivity index (χ0v) is 14.1. The number of aryl methyl sites for hydroxylation is 1. The summed E-state index contributed by atoms with van der Waals surface area (Å²) in [5.74, 6) is 0.264. The van der Waals surface area contributed by atoms with Gasteiger partial charge in [0.1, 0.15) is 0 Å². The molecule has 2 aromatic rings. The molecule has 0 bridgehead atoms. The second kappa shape index (κ2) is 8.39. The van der Waals surface area contributed by atoms with Gasteiger partial charge in [-0.2, -0.15) is 0 Å². The zero-order valence-electron chi connectivity index (χ0n) is 13.3. The Balaban J connectivity index is 1.82. The molecule has 0 heterocycles. The summed E-state index contributed by atoms with van der Waals surface area (Å²) in [6.07, 6.45) is 0. The lowest BCUT2D eigenvalue weighted by Crippen LogP contribution is -2.24. The molecule has 2 N–H and O–H groups in total. The zero-order chi connectivity index (χ0) is 16.7. The number of carbonyl (C=O) groups is 2. The number of thioether (sulfide) groups is 1. The summed E-state index contributed by atoms with van der Waals surface area (Å²) in [5.41, 5.74) is 2.86. The molecule has 0 aliphatic rings. The van der Waals surface area contributed by atoms with Crippen LogP contribution in [0.25, 0.3) is 0 Å². The van der Waals surface area contributed by atoms with Crippen molar-refractivity contribution in [3.63, 3.8) is 0 Å². The Morgan fingerprint density at radius 1 is 1.09 bits per heavy atom. The van der Waals surface area contributed by atoms with Crippen LogP contribution in [0.2, 0.25) is 0 Å². The van der Waals surface area contributed by atoms with Crippen LogP contribution < -0.4 is 10.6 Å². The summed E-state index contributed by atoms with van der Waals surface area (Å²) in [4.78, 5) is 24.1. The van der Waals surface area contributed by atoms with Gasteiger partial charge in [-0.25, -0.2) is 0 Å². The molecule has 5 heteroatoms. The third-order valence-electron chi connectivity index (χ3n) is 3.19. The largest absolute Gasteiger partial charge is 0.351 e. The van der Waals surface area contributed by atoms with E-state index in [1.807, 2.05) is 55.5 Å². The van der Waals surface area contributed by atoms with Gasteiger partial charge < -0.3 is 10.6 Å². The van der Waals surface area contributed by atoms with E-state index in [-0.39, 0.29) is 11.8 Å². The quantitative estimate of drug-likeness (QED) is 0.800. The van der Waals surface area contributed by atoms with Crippen LogP contribution in [-0.2, 0) is 16.1 Å². The van der Waals surface area contributed by atoms with Gasteiger partial charge in [-0.05, 0) is 36.2 Å². The van der Waals surface area contributed by atoms with Crippen LogP contribution in [0.3, 0.4) is 0 Å². The molecule has 0 unspecified atom stereocenters. The van der Waals surface area contributed by atoms with Crippen molar-refractivity contribution in [1.82, 2.24) is 5.32 Å². The minimum Gasteiger partial charge on any atom is -0.351 e. The first-order valence-electron chi connectivity index (χ1n) is 7.36. The lowest BCUT2D eigenvalue weighted by atomic mass is 10.2. The van der Waals surface area contributed by atoms with E-state index in [4.69, 9.17) is 0 Å². The van der Waals surface area contributed by atoms with Crippen molar-refractivity contribution in [2.75, 3.05) is 11.1 Å². The normalized spacial score (nSPS) is 10.2. The van der Waals surface area contributed by atoms with E-state index >= 15 is 0 Å². The standard InChI is InChI=1S/C18H20N2O2S/c1-13-6-3-4-9-17(13)23-12-18(22)19-11-15-7-5-8-16(10-15)20-14(2)21/h3-10H,11-12H2,1-2H3,(H,19,22)(H,20,21). The van der Waals surface area contributed by atoms with Gasteiger partial charge in [0, 0.05) is 24.1 Å². The molecule has 0 saturated heterocycles. The molecule has 2 amide bonds. The average Bonchev–Trinajstić information content (AvgIpc) is 2.52. The maximum atomic E-state index is 12.0. The van der Waals surface area contributed by atoms with Crippen molar-refractivity contribution in [1.29, 1.82) is 0 Å². The van der Waals surface area contributed by atoms with Gasteiger partial charge in [0.05, 0.1) is 5.75 Å². The van der Waals surface area contributed by atoms with Gasteiger partial charge >= 0.3 is 0 Å². The average molecular weight is 328 g/mol. The number of carbonyl (C=O) groups excluding carboxylic acids is 2. The summed E-state index contributed by atoms with van der Waals surface area (Å²) in [7, 11) is 0. The Kier molecular flexibility index (Phi) is 6.23. The lowest BCUT2D eigenvalue weighted by molar-refractivity contribution is -0.118. The molecule has 23 heavy (non-hydrogen) atoms. The third kappa shape index (κ3) is 5.79. The molecule has 0 aliphatic heterocycles. The summed E-state index contributed by atoms with van der Waals surface area (Å²) >= 11 is 1.53. The van der Waals surface area contributed by atoms with E-state index in [9.17, 15) is 9.59 Å². The van der Waals surface area contributed by atoms with Gasteiger partial charge in [0.25, 0.3) is 0 Å². The minimum atomic E-state index is -0.110. The van der Waals surface area contributed by atoms with Crippen molar-refractivity contribution in [2.24, 2.45) is 0 Å². The van der Waals surface area contributed by atoms with Crippen molar-refractivity contribution in [2.45, 2.75) is 25.3 Å². The van der Waals surface area contributed by atoms with E-state index < -0.39 is 0 Å². The SMILES string of the molecule is CC(=O)Nc1cccc(CNC(=O)CSc2ccccc2C)c1. The molecule has 0 spiro atoms. The molecule has 0 saturated carbocycles. The van der Waals surface area contributed by atoms with Crippen LogP contribution in [0.1, 0.15) is 18.1 Å². The number of anilines is 1. The predicted octanol–water partition coefficient (Wildman–Crippen LogP) is 3.36. The van der Waals surface area contributed by atoms with E-state index in [0.717, 1.165) is 16.1 Å². The fourth-order valence-electron chi connectivity index (χ4n) is 2.08. The first-order chi connectivity index (χ1) is 11.0. The van der Waals surface area contributed by atoms with E-state index in [2.05, 4.69) is 10.6 Å². The highest BCUT2D eigenvalue weighted by atomic mass is 32.2. The second-order valence-corrected chi connectivity index (χ2v) is 6.23. The van der Waals surface area contributed by atoms with Crippen molar-refractivity contribution in [3.05, 3.63) is 59.7 Å². The fourth-order valence-corrected chi connectivity index (χ4v) is 2.93. The van der Waals surface area contributed by atoms with Crippen molar-refractivity contribution >= 4 is 29.3 Å². The number of benzene rings is 2. The molecule has 0 atom stereocenters. The van der Waals surface area contributed by atoms with E-state index in [0.29, 0.717) is 12.3 Å². The molecule has 4 nitrogen and oxygen atoms in total. The smallest absolute Gasteiger partial charge is 0.230 e. The number of rotatable bonds is 6. The Hall–Kier alpha value is -2.27. The van der Waals surface area contributed by atoms with Crippen LogP contribution >= 0.6 is 11.8 Å². The molecular weight excluding hydrogens is 308 g/mol. The third-order valence-corrected chi connectivity index (χ3v) is 4.36. The number of nitrogens with one attached hydrogen (secondary N) is 2. The highest BCUT2D eigenvalue weighted by Crippen LogP contribution is 2.21. The highest BCUT2D eigenvalue weighted by Gasteiger charge is 2.05. The van der Waals surface area contributed by atoms with Crippen LogP contribution in [0.15, 0.2) is 53.4 Å². The molecule has 120 valence electrons. The molecular formula is C18H20N2O2S. The maximum absolute atomic E-state index is 12.0. The maximum Gasteiger partial charge on any atom is 0.230 e. The Morgan fingerprint density at radius 2 is 1.87 bits per heavy atom. The topological polar surface area (TPSA) is 58.2 Å². The van der Waals surface area contributed by atoms with E-state index in [1.165, 1.54) is 24.2 Å². The number of amides is 2. The van der Waals surface area contributed by atoms with Gasteiger partial charge in [-0.1, -0.05) is 30.3 Å². The van der Waals surface area contributed by atoms with Crippen LogP contribution in [0, 0.1) is 6.92 Å². The minimum absolute atomic E-state index is 0.0109. The summed E-state index contributed by atoms with van der Waals surface area (Å²) in [6.45, 7) is 3.95. The molecule has 2 rings (SSSR count). The highest BCUT2D eigenvalue weighted by molar-refractivity contribution is 8.00. The summed E-state index contributed by atoms with van der Waals surface area (Å²) in [6, 6.07) is 15.5. The predicted molar refractivity (Wildman–Crippen MR) is 94.5 cm³/mol. The lowest BCUT2D eigenvalue weighted by Gasteiger charge is -2.08. The Morgan fingerprint density at radius 3 is 2.61 bits per heavy atom. The Labute approximate surface area is 140 Å². The fraction of sp³-hybridized carbons (Fsp3) is 0.222. The molecule has 0 aromatic heterocycles. The molecule has 0 radical (unpaired) electrons. The van der Waals surface area contributed by atoms with Crippen LogP contribution in [0.5, 0.6) is 0 Å². The van der Waals surface area contributed by atoms with Crippen molar-refractivity contribution < 1.29 is 9.59 Å². The van der Waals surface area contributed by atoms with Crippen molar-refractivity contribution in [3.8, 4) is 0 Å². The first-order valence-corrected chi connectivity index (χ1v) is 8.35. The van der Waals surface area contributed by atoms with Gasteiger partial charge in [0.2, 0.25) is 11.8 Å².